The minimum absolute atomic E-state index is 0.0632. The van der Waals surface area contributed by atoms with Gasteiger partial charge in [0.15, 0.2) is 0 Å². The third-order valence-corrected chi connectivity index (χ3v) is 1.50. The molecule has 0 aliphatic heterocycles. The highest BCUT2D eigenvalue weighted by Gasteiger charge is 2.12. The maximum atomic E-state index is 11.0. The Hall–Kier alpha value is -0.610. The van der Waals surface area contributed by atoms with E-state index in [4.69, 9.17) is 14.9 Å². The van der Waals surface area contributed by atoms with Gasteiger partial charge in [0.1, 0.15) is 0 Å². The Morgan fingerprint density at radius 2 is 1.69 bits per heavy atom. The van der Waals surface area contributed by atoms with E-state index in [0.29, 0.717) is 13.0 Å². The van der Waals surface area contributed by atoms with Crippen LogP contribution < -0.4 is 0 Å². The van der Waals surface area contributed by atoms with Crippen LogP contribution >= 0.6 is 0 Å². The highest BCUT2D eigenvalue weighted by molar-refractivity contribution is 5.69. The molecule has 0 saturated carbocycles. The molecule has 0 fully saturated rings. The zero-order valence-electron chi connectivity index (χ0n) is 11.0. The molecule has 0 amide bonds. The van der Waals surface area contributed by atoms with Crippen molar-refractivity contribution in [2.75, 3.05) is 19.8 Å². The minimum Gasteiger partial charge on any atom is -0.465 e. The summed E-state index contributed by atoms with van der Waals surface area (Å²) in [5.74, 6) is -0.0632. The van der Waals surface area contributed by atoms with Crippen molar-refractivity contribution in [1.82, 2.24) is 0 Å². The topological polar surface area (TPSA) is 66.8 Å². The number of ether oxygens (including phenoxy) is 1. The van der Waals surface area contributed by atoms with Gasteiger partial charge in [-0.2, -0.15) is 0 Å². The summed E-state index contributed by atoms with van der Waals surface area (Å²) >= 11 is 0. The Labute approximate surface area is 98.6 Å². The largest absolute Gasteiger partial charge is 0.465 e. The number of carbonyl (C=O) groups excluding carboxylic acids is 1. The Morgan fingerprint density at radius 1 is 1.19 bits per heavy atom. The first-order valence-corrected chi connectivity index (χ1v) is 5.74. The first-order chi connectivity index (χ1) is 7.37. The fraction of sp³-hybridized carbons (Fsp3) is 0.917. The van der Waals surface area contributed by atoms with Gasteiger partial charge in [-0.1, -0.05) is 34.1 Å². The van der Waals surface area contributed by atoms with Crippen LogP contribution in [0.3, 0.4) is 0 Å². The molecule has 0 unspecified atom stereocenters. The second kappa shape index (κ2) is 10.9. The van der Waals surface area contributed by atoms with Crippen LogP contribution in [0.1, 0.15) is 47.0 Å². The lowest BCUT2D eigenvalue weighted by Crippen LogP contribution is -2.18. The molecule has 0 radical (unpaired) electrons. The molecular weight excluding hydrogens is 208 g/mol. The van der Waals surface area contributed by atoms with E-state index in [9.17, 15) is 4.79 Å². The Morgan fingerprint density at radius 3 is 2.00 bits per heavy atom. The number of rotatable bonds is 5. The zero-order chi connectivity index (χ0) is 13.0. The van der Waals surface area contributed by atoms with Gasteiger partial charge in [-0.3, -0.25) is 4.79 Å². The van der Waals surface area contributed by atoms with Crippen molar-refractivity contribution in [2.45, 2.75) is 47.0 Å². The molecule has 0 saturated heterocycles. The van der Waals surface area contributed by atoms with Crippen LogP contribution in [0.4, 0.5) is 0 Å². The summed E-state index contributed by atoms with van der Waals surface area (Å²) in [6.07, 6.45) is 2.54. The summed E-state index contributed by atoms with van der Waals surface area (Å²) < 4.78 is 5.07. The van der Waals surface area contributed by atoms with Crippen LogP contribution in [0.15, 0.2) is 0 Å². The highest BCUT2D eigenvalue weighted by Crippen LogP contribution is 2.13. The number of aliphatic hydroxyl groups excluding tert-OH is 2. The smallest absolute Gasteiger partial charge is 0.305 e. The Bertz CT molecular complexity index is 159. The summed E-state index contributed by atoms with van der Waals surface area (Å²) in [7, 11) is 0. The van der Waals surface area contributed by atoms with Gasteiger partial charge >= 0.3 is 5.97 Å². The molecule has 0 heterocycles. The van der Waals surface area contributed by atoms with Crippen molar-refractivity contribution in [2.24, 2.45) is 5.41 Å². The molecule has 98 valence electrons. The van der Waals surface area contributed by atoms with E-state index in [1.54, 1.807) is 0 Å². The predicted octanol–water partition coefficient (Wildman–Crippen LogP) is 1.74. The van der Waals surface area contributed by atoms with Crippen molar-refractivity contribution in [3.05, 3.63) is 0 Å². The average Bonchev–Trinajstić information content (AvgIpc) is 2.23. The van der Waals surface area contributed by atoms with E-state index in [2.05, 4.69) is 27.7 Å². The summed E-state index contributed by atoms with van der Waals surface area (Å²) in [6, 6.07) is 0. The Kier molecular flexibility index (Phi) is 12.1. The molecule has 4 nitrogen and oxygen atoms in total. The molecule has 0 atom stereocenters. The van der Waals surface area contributed by atoms with Gasteiger partial charge in [-0.05, 0) is 11.8 Å². The lowest BCUT2D eigenvalue weighted by atomic mass is 9.99. The lowest BCUT2D eigenvalue weighted by Gasteiger charge is -2.17. The molecule has 0 aliphatic carbocycles. The molecule has 16 heavy (non-hydrogen) atoms. The number of hydrogen-bond donors (Lipinski definition) is 2. The van der Waals surface area contributed by atoms with E-state index in [1.165, 1.54) is 0 Å². The Balaban J connectivity index is 0. The van der Waals surface area contributed by atoms with Crippen molar-refractivity contribution in [3.8, 4) is 0 Å². The first kappa shape index (κ1) is 17.8. The van der Waals surface area contributed by atoms with Gasteiger partial charge < -0.3 is 14.9 Å². The van der Waals surface area contributed by atoms with E-state index >= 15 is 0 Å². The maximum Gasteiger partial charge on any atom is 0.305 e. The molecule has 0 aromatic carbocycles. The SMILES string of the molecule is CCCCC(=O)OCC(C)(C)C.OCCO. The van der Waals surface area contributed by atoms with Crippen LogP contribution in [-0.2, 0) is 9.53 Å². The minimum atomic E-state index is -0.125. The van der Waals surface area contributed by atoms with Gasteiger partial charge in [-0.25, -0.2) is 0 Å². The third-order valence-electron chi connectivity index (χ3n) is 1.50. The number of esters is 1. The highest BCUT2D eigenvalue weighted by atomic mass is 16.5. The number of aliphatic hydroxyl groups is 2. The molecule has 0 bridgehead atoms. The van der Waals surface area contributed by atoms with Crippen molar-refractivity contribution in [1.29, 1.82) is 0 Å². The molecule has 4 heteroatoms. The first-order valence-electron chi connectivity index (χ1n) is 5.74. The normalized spacial score (nSPS) is 10.4. The molecule has 0 spiro atoms. The van der Waals surface area contributed by atoms with Crippen LogP contribution in [0.2, 0.25) is 0 Å². The summed E-state index contributed by atoms with van der Waals surface area (Å²) in [6.45, 7) is 8.51. The molecule has 0 aromatic heterocycles. The standard InChI is InChI=1S/C10H20O2.C2H6O2/c1-5-6-7-9(11)12-8-10(2,3)4;3-1-2-4/h5-8H2,1-4H3;3-4H,1-2H2. The number of carbonyl (C=O) groups is 1. The number of unbranched alkanes of at least 4 members (excludes halogenated alkanes) is 1. The number of hydrogen-bond acceptors (Lipinski definition) is 4. The predicted molar refractivity (Wildman–Crippen MR) is 64.1 cm³/mol. The fourth-order valence-electron chi connectivity index (χ4n) is 0.690. The van der Waals surface area contributed by atoms with Gasteiger partial charge in [0.05, 0.1) is 19.8 Å². The van der Waals surface area contributed by atoms with Crippen molar-refractivity contribution >= 4 is 5.97 Å². The van der Waals surface area contributed by atoms with Gasteiger partial charge in [0.25, 0.3) is 0 Å². The quantitative estimate of drug-likeness (QED) is 0.711. The van der Waals surface area contributed by atoms with Gasteiger partial charge in [-0.15, -0.1) is 0 Å². The zero-order valence-corrected chi connectivity index (χ0v) is 11.0. The van der Waals surface area contributed by atoms with Crippen LogP contribution in [-0.4, -0.2) is 36.0 Å². The lowest BCUT2D eigenvalue weighted by molar-refractivity contribution is -0.146. The van der Waals surface area contributed by atoms with E-state index in [0.717, 1.165) is 12.8 Å². The maximum absolute atomic E-state index is 11.0. The van der Waals surface area contributed by atoms with Gasteiger partial charge in [0, 0.05) is 6.42 Å². The van der Waals surface area contributed by atoms with E-state index in [-0.39, 0.29) is 24.6 Å². The monoisotopic (exact) mass is 234 g/mol. The second-order valence-electron chi connectivity index (χ2n) is 4.77. The average molecular weight is 234 g/mol. The summed E-state index contributed by atoms with van der Waals surface area (Å²) in [5, 5.41) is 15.2. The third kappa shape index (κ3) is 19.0. The van der Waals surface area contributed by atoms with Crippen LogP contribution in [0.25, 0.3) is 0 Å². The van der Waals surface area contributed by atoms with E-state index < -0.39 is 0 Å². The van der Waals surface area contributed by atoms with Crippen LogP contribution in [0, 0.1) is 5.41 Å². The summed E-state index contributed by atoms with van der Waals surface area (Å²) in [4.78, 5) is 11.0. The molecule has 0 rings (SSSR count). The van der Waals surface area contributed by atoms with Crippen molar-refractivity contribution < 1.29 is 19.7 Å². The molecule has 2 N–H and O–H groups in total. The van der Waals surface area contributed by atoms with E-state index in [1.807, 2.05) is 0 Å². The summed E-state index contributed by atoms with van der Waals surface area (Å²) in [5.41, 5.74) is 0.0852. The van der Waals surface area contributed by atoms with Crippen molar-refractivity contribution in [3.63, 3.8) is 0 Å². The second-order valence-corrected chi connectivity index (χ2v) is 4.77. The fourth-order valence-corrected chi connectivity index (χ4v) is 0.690. The molecule has 0 aliphatic rings. The van der Waals surface area contributed by atoms with Crippen LogP contribution in [0.5, 0.6) is 0 Å². The van der Waals surface area contributed by atoms with Gasteiger partial charge in [0.2, 0.25) is 0 Å². The molecular formula is C12H26O4. The molecule has 0 aromatic rings.